The minimum atomic E-state index is -0.760. The minimum Gasteiger partial charge on any atom is -0.496 e. The fourth-order valence-corrected chi connectivity index (χ4v) is 2.48. The first kappa shape index (κ1) is 17.5. The van der Waals surface area contributed by atoms with Crippen LogP contribution in [0.1, 0.15) is 17.5 Å². The van der Waals surface area contributed by atoms with E-state index in [4.69, 9.17) is 10.5 Å². The van der Waals surface area contributed by atoms with Gasteiger partial charge in [0.25, 0.3) is 0 Å². The van der Waals surface area contributed by atoms with E-state index in [1.807, 2.05) is 54.6 Å². The molecule has 2 aromatic rings. The molecule has 0 saturated heterocycles. The zero-order chi connectivity index (χ0) is 17.4. The summed E-state index contributed by atoms with van der Waals surface area (Å²) < 4.78 is 5.27. The van der Waals surface area contributed by atoms with Crippen molar-refractivity contribution in [1.82, 2.24) is 5.32 Å². The van der Waals surface area contributed by atoms with E-state index in [1.54, 1.807) is 7.11 Å². The Morgan fingerprint density at radius 1 is 1.08 bits per heavy atom. The SMILES string of the molecule is COc1ccccc1C[C@H](NC(=O)CCc1ccccc1)C(N)=O. The van der Waals surface area contributed by atoms with Gasteiger partial charge in [-0.25, -0.2) is 0 Å². The van der Waals surface area contributed by atoms with Crippen LogP contribution in [0, 0.1) is 0 Å². The lowest BCUT2D eigenvalue weighted by Gasteiger charge is -2.17. The first-order chi connectivity index (χ1) is 11.6. The van der Waals surface area contributed by atoms with E-state index < -0.39 is 11.9 Å². The number of para-hydroxylation sites is 1. The van der Waals surface area contributed by atoms with Crippen molar-refractivity contribution in [3.63, 3.8) is 0 Å². The van der Waals surface area contributed by atoms with E-state index in [1.165, 1.54) is 0 Å². The second-order valence-corrected chi connectivity index (χ2v) is 5.52. The molecule has 0 spiro atoms. The standard InChI is InChI=1S/C19H22N2O3/c1-24-17-10-6-5-9-15(17)13-16(19(20)23)21-18(22)12-11-14-7-3-2-4-8-14/h2-10,16H,11-13H2,1H3,(H2,20,23)(H,21,22)/t16-/m0/s1. The molecule has 126 valence electrons. The molecule has 0 radical (unpaired) electrons. The van der Waals surface area contributed by atoms with Crippen molar-refractivity contribution in [3.05, 3.63) is 65.7 Å². The van der Waals surface area contributed by atoms with Gasteiger partial charge < -0.3 is 15.8 Å². The number of hydrogen-bond donors (Lipinski definition) is 2. The summed E-state index contributed by atoms with van der Waals surface area (Å²) in [5.41, 5.74) is 7.34. The fourth-order valence-electron chi connectivity index (χ4n) is 2.48. The van der Waals surface area contributed by atoms with E-state index in [-0.39, 0.29) is 5.91 Å². The quantitative estimate of drug-likeness (QED) is 0.776. The van der Waals surface area contributed by atoms with Gasteiger partial charge in [-0.2, -0.15) is 0 Å². The number of methoxy groups -OCH3 is 1. The number of benzene rings is 2. The van der Waals surface area contributed by atoms with Gasteiger partial charge in [0.1, 0.15) is 11.8 Å². The predicted molar refractivity (Wildman–Crippen MR) is 92.6 cm³/mol. The number of nitrogens with two attached hydrogens (primary N) is 1. The Morgan fingerprint density at radius 3 is 2.42 bits per heavy atom. The van der Waals surface area contributed by atoms with Crippen LogP contribution in [0.25, 0.3) is 0 Å². The largest absolute Gasteiger partial charge is 0.496 e. The van der Waals surface area contributed by atoms with E-state index in [0.717, 1.165) is 11.1 Å². The smallest absolute Gasteiger partial charge is 0.240 e. The van der Waals surface area contributed by atoms with Crippen LogP contribution < -0.4 is 15.8 Å². The van der Waals surface area contributed by atoms with Crippen molar-refractivity contribution in [1.29, 1.82) is 0 Å². The number of ether oxygens (including phenoxy) is 1. The van der Waals surface area contributed by atoms with Crippen molar-refractivity contribution >= 4 is 11.8 Å². The van der Waals surface area contributed by atoms with E-state index in [0.29, 0.717) is 25.0 Å². The second-order valence-electron chi connectivity index (χ2n) is 5.52. The molecule has 0 saturated carbocycles. The van der Waals surface area contributed by atoms with Gasteiger partial charge in [0, 0.05) is 12.8 Å². The number of carbonyl (C=O) groups excluding carboxylic acids is 2. The van der Waals surface area contributed by atoms with Gasteiger partial charge in [0.2, 0.25) is 11.8 Å². The van der Waals surface area contributed by atoms with Crippen molar-refractivity contribution in [2.75, 3.05) is 7.11 Å². The Balaban J connectivity index is 1.95. The monoisotopic (exact) mass is 326 g/mol. The molecule has 2 amide bonds. The van der Waals surface area contributed by atoms with Crippen LogP contribution >= 0.6 is 0 Å². The Hall–Kier alpha value is -2.82. The molecule has 2 aromatic carbocycles. The molecule has 0 aliphatic carbocycles. The molecule has 0 aliphatic rings. The van der Waals surface area contributed by atoms with Crippen molar-refractivity contribution < 1.29 is 14.3 Å². The molecular weight excluding hydrogens is 304 g/mol. The third-order valence-corrected chi connectivity index (χ3v) is 3.78. The minimum absolute atomic E-state index is 0.197. The highest BCUT2D eigenvalue weighted by molar-refractivity contribution is 5.87. The summed E-state index contributed by atoms with van der Waals surface area (Å²) in [6.45, 7) is 0. The molecule has 0 aliphatic heterocycles. The molecule has 0 aromatic heterocycles. The first-order valence-electron chi connectivity index (χ1n) is 7.84. The van der Waals surface area contributed by atoms with Crippen LogP contribution in [-0.4, -0.2) is 25.0 Å². The zero-order valence-electron chi connectivity index (χ0n) is 13.7. The summed E-state index contributed by atoms with van der Waals surface area (Å²) in [6.07, 6.45) is 1.23. The average Bonchev–Trinajstić information content (AvgIpc) is 2.60. The molecule has 0 heterocycles. The molecule has 5 heteroatoms. The Labute approximate surface area is 141 Å². The summed E-state index contributed by atoms with van der Waals surface area (Å²) in [7, 11) is 1.57. The lowest BCUT2D eigenvalue weighted by molar-refractivity contribution is -0.127. The maximum absolute atomic E-state index is 12.1. The van der Waals surface area contributed by atoms with Crippen LogP contribution in [0.2, 0.25) is 0 Å². The number of nitrogens with one attached hydrogen (secondary N) is 1. The van der Waals surface area contributed by atoms with Crippen LogP contribution in [0.3, 0.4) is 0 Å². The van der Waals surface area contributed by atoms with Gasteiger partial charge in [-0.3, -0.25) is 9.59 Å². The maximum atomic E-state index is 12.1. The first-order valence-corrected chi connectivity index (χ1v) is 7.84. The van der Waals surface area contributed by atoms with Crippen molar-refractivity contribution in [2.24, 2.45) is 5.73 Å². The van der Waals surface area contributed by atoms with E-state index in [9.17, 15) is 9.59 Å². The van der Waals surface area contributed by atoms with Crippen LogP contribution in [0.5, 0.6) is 5.75 Å². The van der Waals surface area contributed by atoms with Crippen molar-refractivity contribution in [2.45, 2.75) is 25.3 Å². The third-order valence-electron chi connectivity index (χ3n) is 3.78. The van der Waals surface area contributed by atoms with Crippen LogP contribution in [-0.2, 0) is 22.4 Å². The third kappa shape index (κ3) is 5.12. The highest BCUT2D eigenvalue weighted by Gasteiger charge is 2.20. The van der Waals surface area contributed by atoms with E-state index >= 15 is 0 Å². The second kappa shape index (κ2) is 8.72. The maximum Gasteiger partial charge on any atom is 0.240 e. The van der Waals surface area contributed by atoms with Gasteiger partial charge in [-0.15, -0.1) is 0 Å². The van der Waals surface area contributed by atoms with E-state index in [2.05, 4.69) is 5.32 Å². The molecule has 24 heavy (non-hydrogen) atoms. The van der Waals surface area contributed by atoms with Gasteiger partial charge >= 0.3 is 0 Å². The van der Waals surface area contributed by atoms with Crippen LogP contribution in [0.15, 0.2) is 54.6 Å². The van der Waals surface area contributed by atoms with Gasteiger partial charge in [-0.05, 0) is 23.6 Å². The number of hydrogen-bond acceptors (Lipinski definition) is 3. The van der Waals surface area contributed by atoms with Crippen molar-refractivity contribution in [3.8, 4) is 5.75 Å². The lowest BCUT2D eigenvalue weighted by atomic mass is 10.0. The normalized spacial score (nSPS) is 11.5. The highest BCUT2D eigenvalue weighted by atomic mass is 16.5. The topological polar surface area (TPSA) is 81.4 Å². The molecule has 0 fully saturated rings. The Morgan fingerprint density at radius 2 is 1.75 bits per heavy atom. The van der Waals surface area contributed by atoms with Gasteiger partial charge in [-0.1, -0.05) is 48.5 Å². The molecule has 0 unspecified atom stereocenters. The molecule has 2 rings (SSSR count). The fraction of sp³-hybridized carbons (Fsp3) is 0.263. The number of rotatable bonds is 8. The summed E-state index contributed by atoms with van der Waals surface area (Å²) >= 11 is 0. The summed E-state index contributed by atoms with van der Waals surface area (Å²) in [6, 6.07) is 16.3. The number of aryl methyl sites for hydroxylation is 1. The summed E-state index contributed by atoms with van der Waals surface area (Å²) in [5, 5.41) is 2.72. The zero-order valence-corrected chi connectivity index (χ0v) is 13.7. The number of primary amides is 1. The number of amides is 2. The molecular formula is C19H22N2O3. The summed E-state index contributed by atoms with van der Waals surface area (Å²) in [5.74, 6) is -0.0891. The molecule has 0 bridgehead atoms. The molecule has 5 nitrogen and oxygen atoms in total. The Kier molecular flexibility index (Phi) is 6.37. The van der Waals surface area contributed by atoms with Crippen LogP contribution in [0.4, 0.5) is 0 Å². The van der Waals surface area contributed by atoms with Gasteiger partial charge in [0.05, 0.1) is 7.11 Å². The Bertz CT molecular complexity index is 686. The predicted octanol–water partition coefficient (Wildman–Crippen LogP) is 1.84. The average molecular weight is 326 g/mol. The highest BCUT2D eigenvalue weighted by Crippen LogP contribution is 2.19. The lowest BCUT2D eigenvalue weighted by Crippen LogP contribution is -2.46. The molecule has 1 atom stereocenters. The number of carbonyl (C=O) groups is 2. The summed E-state index contributed by atoms with van der Waals surface area (Å²) in [4.78, 5) is 23.8. The molecule has 3 N–H and O–H groups in total. The van der Waals surface area contributed by atoms with Gasteiger partial charge in [0.15, 0.2) is 0 Å².